The number of piperidine rings is 1. The molecule has 2 saturated heterocycles. The van der Waals surface area contributed by atoms with Gasteiger partial charge in [0.05, 0.1) is 22.7 Å². The first kappa shape index (κ1) is 20.0. The van der Waals surface area contributed by atoms with Gasteiger partial charge >= 0.3 is 0 Å². The third kappa shape index (κ3) is 4.03. The fourth-order valence-electron chi connectivity index (χ4n) is 3.79. The number of anilines is 2. The van der Waals surface area contributed by atoms with E-state index < -0.39 is 9.84 Å². The van der Waals surface area contributed by atoms with E-state index in [2.05, 4.69) is 19.9 Å². The second-order valence-electron chi connectivity index (χ2n) is 7.26. The first-order chi connectivity index (χ1) is 13.3. The zero-order chi connectivity index (χ0) is 19.9. The molecule has 4 rings (SSSR count). The number of sulfone groups is 1. The Hall–Kier alpha value is -1.29. The van der Waals surface area contributed by atoms with Gasteiger partial charge < -0.3 is 10.6 Å². The van der Waals surface area contributed by atoms with E-state index in [-0.39, 0.29) is 10.6 Å². The molecular weight excluding hydrogens is 441 g/mol. The van der Waals surface area contributed by atoms with Gasteiger partial charge in [-0.05, 0) is 30.7 Å². The normalized spacial score (nSPS) is 20.6. The largest absolute Gasteiger partial charge is 0.381 e. The summed E-state index contributed by atoms with van der Waals surface area (Å²) in [5, 5.41) is 1.13. The Kier molecular flexibility index (Phi) is 5.37. The number of aromatic nitrogens is 3. The molecule has 4 heterocycles. The Morgan fingerprint density at radius 2 is 1.93 bits per heavy atom. The van der Waals surface area contributed by atoms with Gasteiger partial charge in [0, 0.05) is 24.2 Å². The summed E-state index contributed by atoms with van der Waals surface area (Å²) in [6, 6.07) is 1.74. The summed E-state index contributed by atoms with van der Waals surface area (Å²) >= 11 is 13.4. The Morgan fingerprint density at radius 1 is 1.18 bits per heavy atom. The molecular formula is C17H19Cl2N5O2S2. The molecule has 28 heavy (non-hydrogen) atoms. The van der Waals surface area contributed by atoms with Crippen LogP contribution in [0.25, 0.3) is 0 Å². The molecule has 0 unspecified atom stereocenters. The van der Waals surface area contributed by atoms with Gasteiger partial charge in [0.15, 0.2) is 15.7 Å². The van der Waals surface area contributed by atoms with Gasteiger partial charge in [-0.2, -0.15) is 0 Å². The fourth-order valence-corrected chi connectivity index (χ4v) is 7.26. The molecule has 2 aliphatic heterocycles. The molecule has 0 saturated carbocycles. The zero-order valence-electron chi connectivity index (χ0n) is 14.9. The molecule has 2 aromatic rings. The standard InChI is InChI=1S/C17H19Cl2N5O2S2/c18-13-11(1-5-21-14(13)19)27-16-15(20)23-12(9-22-16)24-6-2-17(3-7-24)4-8-28(25,26)10-17/h1,5,9H,2-4,6-8,10H2,(H2,20,23). The summed E-state index contributed by atoms with van der Waals surface area (Å²) in [6.45, 7) is 1.50. The first-order valence-electron chi connectivity index (χ1n) is 8.83. The lowest BCUT2D eigenvalue weighted by atomic mass is 9.78. The minimum Gasteiger partial charge on any atom is -0.381 e. The number of hydrogen-bond donors (Lipinski definition) is 1. The zero-order valence-corrected chi connectivity index (χ0v) is 18.1. The summed E-state index contributed by atoms with van der Waals surface area (Å²) in [7, 11) is -2.88. The van der Waals surface area contributed by atoms with E-state index in [4.69, 9.17) is 28.9 Å². The maximum absolute atomic E-state index is 11.9. The topological polar surface area (TPSA) is 102 Å². The minimum atomic E-state index is -2.88. The summed E-state index contributed by atoms with van der Waals surface area (Å²) < 4.78 is 23.7. The van der Waals surface area contributed by atoms with Crippen LogP contribution in [0.3, 0.4) is 0 Å². The molecule has 2 aliphatic rings. The molecule has 0 aromatic carbocycles. The van der Waals surface area contributed by atoms with E-state index >= 15 is 0 Å². The van der Waals surface area contributed by atoms with Crippen LogP contribution in [0.15, 0.2) is 28.4 Å². The van der Waals surface area contributed by atoms with E-state index in [1.165, 1.54) is 11.8 Å². The molecule has 0 atom stereocenters. The van der Waals surface area contributed by atoms with Crippen molar-refractivity contribution in [3.63, 3.8) is 0 Å². The molecule has 2 fully saturated rings. The van der Waals surface area contributed by atoms with E-state index in [0.29, 0.717) is 38.1 Å². The summed E-state index contributed by atoms with van der Waals surface area (Å²) in [5.41, 5.74) is 6.06. The van der Waals surface area contributed by atoms with E-state index in [1.807, 2.05) is 0 Å². The Balaban J connectivity index is 1.46. The molecule has 1 spiro atoms. The van der Waals surface area contributed by atoms with Crippen molar-refractivity contribution in [2.45, 2.75) is 29.2 Å². The minimum absolute atomic E-state index is 0.0680. The number of nitrogens with two attached hydrogens (primary N) is 1. The van der Waals surface area contributed by atoms with Gasteiger partial charge in [0.25, 0.3) is 0 Å². The van der Waals surface area contributed by atoms with Crippen molar-refractivity contribution in [1.82, 2.24) is 15.0 Å². The second kappa shape index (κ2) is 7.51. The molecule has 2 aromatic heterocycles. The number of pyridine rings is 1. The van der Waals surface area contributed by atoms with Crippen molar-refractivity contribution in [3.8, 4) is 0 Å². The predicted molar refractivity (Wildman–Crippen MR) is 112 cm³/mol. The molecule has 0 radical (unpaired) electrons. The van der Waals surface area contributed by atoms with Gasteiger partial charge in [-0.3, -0.25) is 0 Å². The number of nitrogen functional groups attached to an aromatic ring is 1. The second-order valence-corrected chi connectivity index (χ2v) is 11.2. The molecule has 7 nitrogen and oxygen atoms in total. The molecule has 2 N–H and O–H groups in total. The van der Waals surface area contributed by atoms with Crippen LogP contribution >= 0.6 is 35.0 Å². The Morgan fingerprint density at radius 3 is 2.57 bits per heavy atom. The van der Waals surface area contributed by atoms with Gasteiger partial charge in [-0.15, -0.1) is 0 Å². The van der Waals surface area contributed by atoms with E-state index in [9.17, 15) is 8.42 Å². The lowest BCUT2D eigenvalue weighted by molar-refractivity contribution is 0.256. The average molecular weight is 460 g/mol. The van der Waals surface area contributed by atoms with Crippen molar-refractivity contribution in [3.05, 3.63) is 28.6 Å². The third-order valence-electron chi connectivity index (χ3n) is 5.39. The quantitative estimate of drug-likeness (QED) is 0.697. The summed E-state index contributed by atoms with van der Waals surface area (Å²) in [6.07, 6.45) is 5.72. The van der Waals surface area contributed by atoms with Crippen molar-refractivity contribution >= 4 is 56.4 Å². The van der Waals surface area contributed by atoms with Gasteiger partial charge in [-0.1, -0.05) is 35.0 Å². The number of rotatable bonds is 3. The molecule has 0 amide bonds. The summed E-state index contributed by atoms with van der Waals surface area (Å²) in [4.78, 5) is 15.7. The lowest BCUT2D eigenvalue weighted by Gasteiger charge is -2.39. The molecule has 11 heteroatoms. The highest BCUT2D eigenvalue weighted by Gasteiger charge is 2.44. The maximum atomic E-state index is 11.9. The average Bonchev–Trinajstić information content (AvgIpc) is 2.95. The van der Waals surface area contributed by atoms with Gasteiger partial charge in [-0.25, -0.2) is 23.4 Å². The first-order valence-corrected chi connectivity index (χ1v) is 12.2. The predicted octanol–water partition coefficient (Wildman–Crippen LogP) is 3.32. The van der Waals surface area contributed by atoms with Crippen LogP contribution in [0.2, 0.25) is 10.2 Å². The van der Waals surface area contributed by atoms with Crippen LogP contribution in [-0.2, 0) is 9.84 Å². The summed E-state index contributed by atoms with van der Waals surface area (Å²) in [5.74, 6) is 1.64. The number of halogens is 2. The highest BCUT2D eigenvalue weighted by atomic mass is 35.5. The van der Waals surface area contributed by atoms with Crippen molar-refractivity contribution in [2.24, 2.45) is 5.41 Å². The number of hydrogen-bond acceptors (Lipinski definition) is 8. The lowest BCUT2D eigenvalue weighted by Crippen LogP contribution is -2.41. The fraction of sp³-hybridized carbons (Fsp3) is 0.471. The van der Waals surface area contributed by atoms with Gasteiger partial charge in [0.2, 0.25) is 0 Å². The van der Waals surface area contributed by atoms with Crippen LogP contribution in [0, 0.1) is 5.41 Å². The third-order valence-corrected chi connectivity index (χ3v) is 9.21. The monoisotopic (exact) mass is 459 g/mol. The molecule has 0 bridgehead atoms. The van der Waals surface area contributed by atoms with Crippen molar-refractivity contribution in [1.29, 1.82) is 0 Å². The molecule has 150 valence electrons. The maximum Gasteiger partial charge on any atom is 0.158 e. The van der Waals surface area contributed by atoms with Crippen LogP contribution in [-0.4, -0.2) is 48.0 Å². The van der Waals surface area contributed by atoms with Crippen LogP contribution in [0.5, 0.6) is 0 Å². The Bertz CT molecular complexity index is 1010. The van der Waals surface area contributed by atoms with Gasteiger partial charge in [0.1, 0.15) is 16.0 Å². The highest BCUT2D eigenvalue weighted by molar-refractivity contribution is 7.99. The number of nitrogens with zero attached hydrogens (tertiary/aromatic N) is 4. The van der Waals surface area contributed by atoms with Crippen molar-refractivity contribution in [2.75, 3.05) is 35.2 Å². The highest BCUT2D eigenvalue weighted by Crippen LogP contribution is 2.42. The van der Waals surface area contributed by atoms with Crippen LogP contribution in [0.4, 0.5) is 11.6 Å². The molecule has 0 aliphatic carbocycles. The smallest absolute Gasteiger partial charge is 0.158 e. The van der Waals surface area contributed by atoms with E-state index in [1.54, 1.807) is 18.5 Å². The SMILES string of the molecule is Nc1nc(N2CCC3(CC2)CCS(=O)(=O)C3)cnc1Sc1ccnc(Cl)c1Cl. The van der Waals surface area contributed by atoms with Crippen molar-refractivity contribution < 1.29 is 8.42 Å². The van der Waals surface area contributed by atoms with Crippen LogP contribution in [0.1, 0.15) is 19.3 Å². The Labute approximate surface area is 178 Å². The van der Waals surface area contributed by atoms with Crippen LogP contribution < -0.4 is 10.6 Å². The van der Waals surface area contributed by atoms with E-state index in [0.717, 1.165) is 32.4 Å².